The molecule has 0 aromatic heterocycles. The van der Waals surface area contributed by atoms with E-state index in [1.807, 2.05) is 30.3 Å². The molecule has 0 radical (unpaired) electrons. The van der Waals surface area contributed by atoms with Crippen molar-refractivity contribution in [3.63, 3.8) is 0 Å². The Kier molecular flexibility index (Phi) is 7.68. The summed E-state index contributed by atoms with van der Waals surface area (Å²) >= 11 is 0. The number of anilines is 1. The van der Waals surface area contributed by atoms with Crippen LogP contribution in [-0.2, 0) is 4.74 Å². The number of fused-ring (bicyclic) bond motifs is 5. The predicted molar refractivity (Wildman–Crippen MR) is 147 cm³/mol. The van der Waals surface area contributed by atoms with Gasteiger partial charge in [-0.25, -0.2) is 4.79 Å². The van der Waals surface area contributed by atoms with Crippen LogP contribution in [0, 0.1) is 52.3 Å². The Labute approximate surface area is 223 Å². The lowest BCUT2D eigenvalue weighted by Crippen LogP contribution is -2.62. The van der Waals surface area contributed by atoms with Crippen LogP contribution in [0.2, 0.25) is 0 Å². The standard InChI is InChI=1S/C32H49NO4/c1-5-23-27-19-22(34)13-16-32(27,4)26-14-17-31(3)24(11-12-25(31)28(26)29(23)35)20(2)15-18-37-30(36)33-21-9-7-6-8-10-21/h6-10,20,22-29,34-35H,5,11-19H2,1-4H3,(H,33,36)/t20-,22-,23-,24-,25+,26+,27+,28?,29-,31?,32-/m1/s1. The van der Waals surface area contributed by atoms with Gasteiger partial charge in [-0.05, 0) is 116 Å². The summed E-state index contributed by atoms with van der Waals surface area (Å²) in [5.74, 6) is 3.34. The van der Waals surface area contributed by atoms with Gasteiger partial charge in [0.25, 0.3) is 0 Å². The van der Waals surface area contributed by atoms with Gasteiger partial charge >= 0.3 is 6.09 Å². The number of amides is 1. The molecule has 1 aromatic rings. The van der Waals surface area contributed by atoms with Crippen molar-refractivity contribution in [2.24, 2.45) is 52.3 Å². The minimum atomic E-state index is -0.384. The Bertz CT molecular complexity index is 938. The summed E-state index contributed by atoms with van der Waals surface area (Å²) in [6, 6.07) is 9.44. The summed E-state index contributed by atoms with van der Waals surface area (Å²) < 4.78 is 5.55. The Balaban J connectivity index is 1.25. The van der Waals surface area contributed by atoms with Crippen molar-refractivity contribution >= 4 is 11.8 Å². The maximum atomic E-state index is 12.2. The number of rotatable bonds is 6. The van der Waals surface area contributed by atoms with Crippen LogP contribution in [0.4, 0.5) is 10.5 Å². The molecule has 4 fully saturated rings. The van der Waals surface area contributed by atoms with Crippen LogP contribution in [0.5, 0.6) is 0 Å². The molecule has 4 aliphatic carbocycles. The number of benzene rings is 1. The highest BCUT2D eigenvalue weighted by molar-refractivity contribution is 5.84. The van der Waals surface area contributed by atoms with Crippen molar-refractivity contribution < 1.29 is 19.7 Å². The quantitative estimate of drug-likeness (QED) is 0.389. The normalized spacial score (nSPS) is 43.7. The van der Waals surface area contributed by atoms with Crippen LogP contribution in [0.1, 0.15) is 85.5 Å². The van der Waals surface area contributed by atoms with Crippen LogP contribution in [0.15, 0.2) is 30.3 Å². The highest BCUT2D eigenvalue weighted by atomic mass is 16.5. The number of carbonyl (C=O) groups is 1. The maximum Gasteiger partial charge on any atom is 0.411 e. The molecule has 5 heteroatoms. The molecular formula is C32H49NO4. The molecule has 5 rings (SSSR count). The third-order valence-electron chi connectivity index (χ3n) is 12.0. The Hall–Kier alpha value is -1.59. The van der Waals surface area contributed by atoms with Crippen LogP contribution in [0.3, 0.4) is 0 Å². The zero-order valence-electron chi connectivity index (χ0n) is 23.4. The Morgan fingerprint density at radius 3 is 2.46 bits per heavy atom. The SMILES string of the molecule is CC[C@H]1[C@@H](O)C2[C@@H]3CC[C@H]([C@H](C)CCOC(=O)Nc4ccccc4)C3(C)CC[C@@H]2[C@@]2(C)CC[C@@H](O)C[C@@H]12. The fourth-order valence-electron chi connectivity index (χ4n) is 10.1. The average Bonchev–Trinajstić information content (AvgIpc) is 3.23. The van der Waals surface area contributed by atoms with Gasteiger partial charge in [-0.3, -0.25) is 5.32 Å². The Morgan fingerprint density at radius 2 is 1.73 bits per heavy atom. The minimum absolute atomic E-state index is 0.196. The zero-order valence-corrected chi connectivity index (χ0v) is 23.4. The highest BCUT2D eigenvalue weighted by Crippen LogP contribution is 2.69. The van der Waals surface area contributed by atoms with Gasteiger partial charge in [0.05, 0.1) is 18.8 Å². The van der Waals surface area contributed by atoms with Gasteiger partial charge in [-0.15, -0.1) is 0 Å². The van der Waals surface area contributed by atoms with E-state index in [4.69, 9.17) is 4.74 Å². The van der Waals surface area contributed by atoms with Crippen molar-refractivity contribution in [3.05, 3.63) is 30.3 Å². The molecule has 37 heavy (non-hydrogen) atoms. The smallest absolute Gasteiger partial charge is 0.411 e. The monoisotopic (exact) mass is 511 g/mol. The first-order valence-corrected chi connectivity index (χ1v) is 15.0. The van der Waals surface area contributed by atoms with Crippen molar-refractivity contribution in [2.75, 3.05) is 11.9 Å². The van der Waals surface area contributed by atoms with Gasteiger partial charge in [0.1, 0.15) is 0 Å². The van der Waals surface area contributed by atoms with Crippen molar-refractivity contribution in [1.29, 1.82) is 0 Å². The summed E-state index contributed by atoms with van der Waals surface area (Å²) in [6.45, 7) is 10.0. The molecule has 0 heterocycles. The first-order valence-electron chi connectivity index (χ1n) is 15.0. The lowest BCUT2D eigenvalue weighted by atomic mass is 9.41. The molecule has 0 bridgehead atoms. The predicted octanol–water partition coefficient (Wildman–Crippen LogP) is 6.89. The molecule has 206 valence electrons. The fourth-order valence-corrected chi connectivity index (χ4v) is 10.1. The van der Waals surface area contributed by atoms with Crippen LogP contribution in [-0.4, -0.2) is 35.1 Å². The van der Waals surface area contributed by atoms with E-state index in [-0.39, 0.29) is 29.1 Å². The number of aliphatic hydroxyl groups excluding tert-OH is 2. The Morgan fingerprint density at radius 1 is 1.03 bits per heavy atom. The maximum absolute atomic E-state index is 12.2. The molecular weight excluding hydrogens is 462 g/mol. The number of carbonyl (C=O) groups excluding carboxylic acids is 1. The molecule has 0 saturated heterocycles. The minimum Gasteiger partial charge on any atom is -0.449 e. The van der Waals surface area contributed by atoms with Crippen LogP contribution < -0.4 is 5.32 Å². The van der Waals surface area contributed by atoms with Gasteiger partial charge in [0, 0.05) is 5.69 Å². The number of aliphatic hydroxyl groups is 2. The molecule has 1 aromatic carbocycles. The van der Waals surface area contributed by atoms with Crippen molar-refractivity contribution in [3.8, 4) is 0 Å². The molecule has 4 saturated carbocycles. The second-order valence-electron chi connectivity index (χ2n) is 13.5. The molecule has 1 amide bonds. The third kappa shape index (κ3) is 4.73. The molecule has 5 nitrogen and oxygen atoms in total. The van der Waals surface area contributed by atoms with E-state index >= 15 is 0 Å². The molecule has 11 atom stereocenters. The molecule has 0 aliphatic heterocycles. The molecule has 0 spiro atoms. The fraction of sp³-hybridized carbons (Fsp3) is 0.781. The van der Waals surface area contributed by atoms with Gasteiger partial charge in [0.2, 0.25) is 0 Å². The number of hydrogen-bond donors (Lipinski definition) is 3. The third-order valence-corrected chi connectivity index (χ3v) is 12.0. The van der Waals surface area contributed by atoms with Crippen molar-refractivity contribution in [1.82, 2.24) is 0 Å². The van der Waals surface area contributed by atoms with E-state index in [0.717, 1.165) is 37.8 Å². The lowest BCUT2D eigenvalue weighted by Gasteiger charge is -2.64. The molecule has 2 unspecified atom stereocenters. The highest BCUT2D eigenvalue weighted by Gasteiger charge is 2.64. The second kappa shape index (κ2) is 10.5. The molecule has 3 N–H and O–H groups in total. The van der Waals surface area contributed by atoms with E-state index in [0.29, 0.717) is 48.0 Å². The number of ether oxygens (including phenoxy) is 1. The first-order chi connectivity index (χ1) is 17.7. The first kappa shape index (κ1) is 27.0. The van der Waals surface area contributed by atoms with Gasteiger partial charge in [-0.1, -0.05) is 52.3 Å². The van der Waals surface area contributed by atoms with Crippen molar-refractivity contribution in [2.45, 2.75) is 97.7 Å². The number of para-hydroxylation sites is 1. The van der Waals surface area contributed by atoms with Gasteiger partial charge < -0.3 is 14.9 Å². The summed E-state index contributed by atoms with van der Waals surface area (Å²) in [4.78, 5) is 12.2. The van der Waals surface area contributed by atoms with Gasteiger partial charge in [0.15, 0.2) is 0 Å². The summed E-state index contributed by atoms with van der Waals surface area (Å²) in [7, 11) is 0. The largest absolute Gasteiger partial charge is 0.449 e. The van der Waals surface area contributed by atoms with Crippen LogP contribution in [0.25, 0.3) is 0 Å². The van der Waals surface area contributed by atoms with E-state index in [9.17, 15) is 15.0 Å². The summed E-state index contributed by atoms with van der Waals surface area (Å²) in [5.41, 5.74) is 1.24. The second-order valence-corrected chi connectivity index (χ2v) is 13.5. The van der Waals surface area contributed by atoms with E-state index in [1.54, 1.807) is 0 Å². The number of nitrogens with one attached hydrogen (secondary N) is 1. The summed E-state index contributed by atoms with van der Waals surface area (Å²) in [5, 5.41) is 25.2. The summed E-state index contributed by atoms with van der Waals surface area (Å²) in [6.07, 6.45) is 8.80. The van der Waals surface area contributed by atoms with E-state index < -0.39 is 0 Å². The molecule has 4 aliphatic rings. The average molecular weight is 512 g/mol. The lowest BCUT2D eigenvalue weighted by molar-refractivity contribution is -0.203. The topological polar surface area (TPSA) is 78.8 Å². The van der Waals surface area contributed by atoms with Gasteiger partial charge in [-0.2, -0.15) is 0 Å². The van der Waals surface area contributed by atoms with E-state index in [2.05, 4.69) is 33.0 Å². The zero-order chi connectivity index (χ0) is 26.4. The van der Waals surface area contributed by atoms with Crippen LogP contribution >= 0.6 is 0 Å². The number of hydrogen-bond acceptors (Lipinski definition) is 4. The van der Waals surface area contributed by atoms with E-state index in [1.165, 1.54) is 25.7 Å².